The average Bonchev–Trinajstić information content (AvgIpc) is 2.56. The van der Waals surface area contributed by atoms with Gasteiger partial charge in [-0.25, -0.2) is 0 Å². The number of nitrogens with zero attached hydrogens (tertiary/aromatic N) is 2. The predicted molar refractivity (Wildman–Crippen MR) is 101 cm³/mol. The Labute approximate surface area is 147 Å². The van der Waals surface area contributed by atoms with Crippen molar-refractivity contribution >= 4 is 34.5 Å². The molecule has 1 aliphatic heterocycles. The molecule has 5 heteroatoms. The predicted octanol–water partition coefficient (Wildman–Crippen LogP) is 3.30. The van der Waals surface area contributed by atoms with E-state index in [2.05, 4.69) is 21.9 Å². The van der Waals surface area contributed by atoms with Crippen LogP contribution >= 0.6 is 23.8 Å². The third-order valence-electron chi connectivity index (χ3n) is 4.22. The third-order valence-corrected chi connectivity index (χ3v) is 4.68. The molecule has 3 nitrogen and oxygen atoms in total. The molecule has 0 saturated carbocycles. The molecule has 23 heavy (non-hydrogen) atoms. The summed E-state index contributed by atoms with van der Waals surface area (Å²) < 4.78 is 0. The van der Waals surface area contributed by atoms with Gasteiger partial charge < -0.3 is 10.6 Å². The molecule has 2 aromatic carbocycles. The van der Waals surface area contributed by atoms with Crippen molar-refractivity contribution in [1.82, 2.24) is 4.90 Å². The lowest BCUT2D eigenvalue weighted by atomic mass is 10.1. The van der Waals surface area contributed by atoms with E-state index >= 15 is 0 Å². The summed E-state index contributed by atoms with van der Waals surface area (Å²) in [5, 5.41) is 0.787. The molecule has 120 valence electrons. The number of rotatable bonds is 4. The molecule has 0 aliphatic carbocycles. The van der Waals surface area contributed by atoms with Crippen molar-refractivity contribution in [2.45, 2.75) is 6.54 Å². The molecular formula is C18H20ClN3S. The van der Waals surface area contributed by atoms with E-state index in [1.807, 2.05) is 36.4 Å². The summed E-state index contributed by atoms with van der Waals surface area (Å²) in [4.78, 5) is 5.29. The van der Waals surface area contributed by atoms with Crippen molar-refractivity contribution < 1.29 is 0 Å². The van der Waals surface area contributed by atoms with E-state index in [9.17, 15) is 0 Å². The number of nitrogens with two attached hydrogens (primary N) is 1. The highest BCUT2D eigenvalue weighted by Gasteiger charge is 2.18. The Balaban J connectivity index is 1.63. The van der Waals surface area contributed by atoms with Gasteiger partial charge in [0.15, 0.2) is 0 Å². The summed E-state index contributed by atoms with van der Waals surface area (Å²) in [7, 11) is 0. The summed E-state index contributed by atoms with van der Waals surface area (Å²) in [6, 6.07) is 16.2. The van der Waals surface area contributed by atoms with E-state index in [1.165, 1.54) is 11.3 Å². The van der Waals surface area contributed by atoms with E-state index in [0.717, 1.165) is 43.3 Å². The van der Waals surface area contributed by atoms with Gasteiger partial charge >= 0.3 is 0 Å². The fourth-order valence-electron chi connectivity index (χ4n) is 2.98. The normalized spacial score (nSPS) is 15.6. The van der Waals surface area contributed by atoms with Crippen LogP contribution in [0.3, 0.4) is 0 Å². The fourth-order valence-corrected chi connectivity index (χ4v) is 3.36. The lowest BCUT2D eigenvalue weighted by molar-refractivity contribution is 0.250. The highest BCUT2D eigenvalue weighted by Crippen LogP contribution is 2.21. The van der Waals surface area contributed by atoms with Gasteiger partial charge in [-0.1, -0.05) is 54.2 Å². The first-order valence-electron chi connectivity index (χ1n) is 7.74. The summed E-state index contributed by atoms with van der Waals surface area (Å²) in [5.41, 5.74) is 9.21. The van der Waals surface area contributed by atoms with Gasteiger partial charge in [-0.15, -0.1) is 0 Å². The molecule has 2 N–H and O–H groups in total. The van der Waals surface area contributed by atoms with E-state index in [4.69, 9.17) is 29.6 Å². The van der Waals surface area contributed by atoms with Gasteiger partial charge in [0.2, 0.25) is 0 Å². The highest BCUT2D eigenvalue weighted by molar-refractivity contribution is 7.80. The van der Waals surface area contributed by atoms with Crippen molar-refractivity contribution in [3.8, 4) is 0 Å². The second-order valence-corrected chi connectivity index (χ2v) is 6.64. The van der Waals surface area contributed by atoms with E-state index in [0.29, 0.717) is 4.99 Å². The molecule has 1 fully saturated rings. The zero-order valence-corrected chi connectivity index (χ0v) is 14.5. The molecule has 0 amide bonds. The number of benzene rings is 2. The quantitative estimate of drug-likeness (QED) is 0.862. The van der Waals surface area contributed by atoms with Crippen LogP contribution in [-0.4, -0.2) is 36.1 Å². The second kappa shape index (κ2) is 7.30. The van der Waals surface area contributed by atoms with E-state index in [1.54, 1.807) is 0 Å². The molecule has 1 aliphatic rings. The van der Waals surface area contributed by atoms with Crippen LogP contribution in [0.4, 0.5) is 5.69 Å². The van der Waals surface area contributed by atoms with Crippen LogP contribution in [0, 0.1) is 0 Å². The Bertz CT molecular complexity index is 696. The molecule has 0 atom stereocenters. The Kier molecular flexibility index (Phi) is 5.16. The van der Waals surface area contributed by atoms with E-state index < -0.39 is 0 Å². The van der Waals surface area contributed by atoms with E-state index in [-0.39, 0.29) is 0 Å². The van der Waals surface area contributed by atoms with Gasteiger partial charge in [0, 0.05) is 49.0 Å². The number of piperazine rings is 1. The van der Waals surface area contributed by atoms with Crippen molar-refractivity contribution in [2.75, 3.05) is 31.1 Å². The molecule has 2 aromatic rings. The van der Waals surface area contributed by atoms with Crippen LogP contribution in [0.2, 0.25) is 5.02 Å². The maximum Gasteiger partial charge on any atom is 0.104 e. The summed E-state index contributed by atoms with van der Waals surface area (Å²) in [5.74, 6) is 0. The first-order valence-corrected chi connectivity index (χ1v) is 8.53. The van der Waals surface area contributed by atoms with Crippen LogP contribution in [0.5, 0.6) is 0 Å². The molecule has 0 spiro atoms. The zero-order valence-electron chi connectivity index (χ0n) is 12.9. The zero-order chi connectivity index (χ0) is 16.2. The first-order chi connectivity index (χ1) is 11.1. The Morgan fingerprint density at radius 1 is 1.04 bits per heavy atom. The number of halogens is 1. The van der Waals surface area contributed by atoms with Crippen molar-refractivity contribution in [3.63, 3.8) is 0 Å². The van der Waals surface area contributed by atoms with Crippen LogP contribution in [0.15, 0.2) is 48.5 Å². The maximum atomic E-state index is 6.09. The standard InChI is InChI=1S/C18H20ClN3S/c19-15-5-3-6-16(12-15)22-10-8-21(9-11-22)13-14-4-1-2-7-17(14)18(20)23/h1-7,12H,8-11,13H2,(H2,20,23). The maximum absolute atomic E-state index is 6.09. The highest BCUT2D eigenvalue weighted by atomic mass is 35.5. The fraction of sp³-hybridized carbons (Fsp3) is 0.278. The minimum atomic E-state index is 0.471. The summed E-state index contributed by atoms with van der Waals surface area (Å²) in [6.45, 7) is 4.90. The minimum Gasteiger partial charge on any atom is -0.389 e. The smallest absolute Gasteiger partial charge is 0.104 e. The molecular weight excluding hydrogens is 326 g/mol. The minimum absolute atomic E-state index is 0.471. The Morgan fingerprint density at radius 3 is 2.48 bits per heavy atom. The summed E-state index contributed by atoms with van der Waals surface area (Å²) >= 11 is 11.2. The first kappa shape index (κ1) is 16.2. The Morgan fingerprint density at radius 2 is 1.78 bits per heavy atom. The Hall–Kier alpha value is -1.62. The average molecular weight is 346 g/mol. The number of thiocarbonyl (C=S) groups is 1. The van der Waals surface area contributed by atoms with Gasteiger partial charge in [0.25, 0.3) is 0 Å². The van der Waals surface area contributed by atoms with Gasteiger partial charge in [-0.05, 0) is 23.8 Å². The van der Waals surface area contributed by atoms with Crippen molar-refractivity contribution in [2.24, 2.45) is 5.73 Å². The van der Waals surface area contributed by atoms with Gasteiger partial charge in [0.05, 0.1) is 0 Å². The molecule has 3 rings (SSSR count). The van der Waals surface area contributed by atoms with Crippen LogP contribution < -0.4 is 10.6 Å². The van der Waals surface area contributed by atoms with Crippen molar-refractivity contribution in [3.05, 3.63) is 64.7 Å². The van der Waals surface area contributed by atoms with Crippen LogP contribution in [0.1, 0.15) is 11.1 Å². The number of hydrogen-bond acceptors (Lipinski definition) is 3. The second-order valence-electron chi connectivity index (χ2n) is 5.76. The number of anilines is 1. The molecule has 0 unspecified atom stereocenters. The lowest BCUT2D eigenvalue weighted by Crippen LogP contribution is -2.46. The topological polar surface area (TPSA) is 32.5 Å². The van der Waals surface area contributed by atoms with Gasteiger partial charge in [-0.3, -0.25) is 4.90 Å². The molecule has 0 radical (unpaired) electrons. The molecule has 0 aromatic heterocycles. The van der Waals surface area contributed by atoms with Gasteiger partial charge in [0.1, 0.15) is 4.99 Å². The van der Waals surface area contributed by atoms with Crippen LogP contribution in [-0.2, 0) is 6.54 Å². The van der Waals surface area contributed by atoms with Crippen molar-refractivity contribution in [1.29, 1.82) is 0 Å². The van der Waals surface area contributed by atoms with Gasteiger partial charge in [-0.2, -0.15) is 0 Å². The SMILES string of the molecule is NC(=S)c1ccccc1CN1CCN(c2cccc(Cl)c2)CC1. The molecule has 1 saturated heterocycles. The number of hydrogen-bond donors (Lipinski definition) is 1. The lowest BCUT2D eigenvalue weighted by Gasteiger charge is -2.36. The summed E-state index contributed by atoms with van der Waals surface area (Å²) in [6.07, 6.45) is 0. The molecule has 1 heterocycles. The monoisotopic (exact) mass is 345 g/mol. The van der Waals surface area contributed by atoms with Crippen LogP contribution in [0.25, 0.3) is 0 Å². The largest absolute Gasteiger partial charge is 0.389 e. The molecule has 0 bridgehead atoms. The third kappa shape index (κ3) is 4.02.